The monoisotopic (exact) mass is 514 g/mol. The first kappa shape index (κ1) is 16.0. The molecule has 4 nitrogen and oxygen atoms in total. The summed E-state index contributed by atoms with van der Waals surface area (Å²) >= 11 is 5.89. The van der Waals surface area contributed by atoms with E-state index < -0.39 is 0 Å². The lowest BCUT2D eigenvalue weighted by Gasteiger charge is -1.98. The van der Waals surface area contributed by atoms with E-state index in [9.17, 15) is 0 Å². The van der Waals surface area contributed by atoms with E-state index in [0.717, 1.165) is 49.3 Å². The number of aromatic amines is 2. The Morgan fingerprint density at radius 1 is 0.769 bits per heavy atom. The number of hydrogen-bond donors (Lipinski definition) is 2. The van der Waals surface area contributed by atoms with Crippen LogP contribution in [0.15, 0.2) is 65.1 Å². The molecule has 2 aromatic heterocycles. The number of benzene rings is 3. The van der Waals surface area contributed by atoms with Crippen molar-refractivity contribution in [3.63, 3.8) is 0 Å². The first-order valence-electron chi connectivity index (χ1n) is 8.08. The highest BCUT2D eigenvalue weighted by atomic mass is 127. The largest absolute Gasteiger partial charge is 0.338 e. The molecule has 126 valence electrons. The topological polar surface area (TPSA) is 57.4 Å². The van der Waals surface area contributed by atoms with E-state index >= 15 is 0 Å². The molecule has 0 atom stereocenters. The number of nitrogens with zero attached hydrogens (tertiary/aromatic N) is 2. The number of imidazole rings is 2. The maximum atomic E-state index is 4.77. The lowest BCUT2D eigenvalue weighted by atomic mass is 10.2. The average molecular weight is 515 g/mol. The Kier molecular flexibility index (Phi) is 3.82. The molecule has 0 aliphatic rings. The quantitative estimate of drug-likeness (QED) is 0.278. The molecule has 6 heteroatoms. The van der Waals surface area contributed by atoms with Gasteiger partial charge >= 0.3 is 0 Å². The van der Waals surface area contributed by atoms with Crippen LogP contribution >= 0.6 is 38.5 Å². The summed E-state index contributed by atoms with van der Waals surface area (Å²) in [6.07, 6.45) is 0. The van der Waals surface area contributed by atoms with Gasteiger partial charge < -0.3 is 9.97 Å². The molecule has 0 saturated carbocycles. The third-order valence-electron chi connectivity index (χ3n) is 4.33. The molecule has 0 aliphatic carbocycles. The fourth-order valence-electron chi connectivity index (χ4n) is 3.05. The van der Waals surface area contributed by atoms with Gasteiger partial charge in [-0.25, -0.2) is 9.97 Å². The molecule has 0 spiro atoms. The zero-order valence-corrected chi connectivity index (χ0v) is 17.2. The molecule has 26 heavy (non-hydrogen) atoms. The smallest absolute Gasteiger partial charge is 0.139 e. The van der Waals surface area contributed by atoms with Crippen LogP contribution in [-0.4, -0.2) is 19.9 Å². The molecule has 3 aromatic carbocycles. The highest BCUT2D eigenvalue weighted by molar-refractivity contribution is 14.1. The van der Waals surface area contributed by atoms with E-state index in [-0.39, 0.29) is 0 Å². The number of nitrogens with one attached hydrogen (secondary N) is 2. The molecule has 5 aromatic rings. The first-order valence-corrected chi connectivity index (χ1v) is 9.95. The number of aromatic nitrogens is 4. The minimum atomic E-state index is 0.851. The summed E-state index contributed by atoms with van der Waals surface area (Å²) in [5.41, 5.74) is 6.00. The number of rotatable bonds is 2. The molecular weight excluding hydrogens is 503 g/mol. The van der Waals surface area contributed by atoms with Crippen LogP contribution < -0.4 is 0 Å². The van der Waals surface area contributed by atoms with E-state index in [1.165, 1.54) is 3.57 Å². The molecule has 0 aliphatic heterocycles. The van der Waals surface area contributed by atoms with Crippen molar-refractivity contribution in [1.82, 2.24) is 19.9 Å². The van der Waals surface area contributed by atoms with Crippen LogP contribution in [0.2, 0.25) is 0 Å². The zero-order chi connectivity index (χ0) is 17.7. The molecular formula is C20H12BrIN4. The van der Waals surface area contributed by atoms with E-state index in [1.807, 2.05) is 24.3 Å². The van der Waals surface area contributed by atoms with Crippen molar-refractivity contribution in [3.05, 3.63) is 68.7 Å². The van der Waals surface area contributed by atoms with Crippen molar-refractivity contribution in [3.8, 4) is 22.8 Å². The summed E-state index contributed by atoms with van der Waals surface area (Å²) in [5, 5.41) is 0. The average Bonchev–Trinajstić information content (AvgIpc) is 3.24. The van der Waals surface area contributed by atoms with Crippen LogP contribution in [0.3, 0.4) is 0 Å². The second kappa shape index (κ2) is 6.21. The van der Waals surface area contributed by atoms with Crippen molar-refractivity contribution in [1.29, 1.82) is 0 Å². The number of H-pyrrole nitrogens is 2. The number of fused-ring (bicyclic) bond motifs is 2. The standard InChI is InChI=1S/C20H12BrIN4/c21-14-4-2-1-3-13(14)20-24-15-7-5-11(9-17(15)26-20)19-23-16-8-6-12(22)10-18(16)25-19/h1-10H,(H,23,25)(H,24,26). The van der Waals surface area contributed by atoms with Gasteiger partial charge in [-0.15, -0.1) is 0 Å². The fraction of sp³-hybridized carbons (Fsp3) is 0. The highest BCUT2D eigenvalue weighted by Gasteiger charge is 2.11. The summed E-state index contributed by atoms with van der Waals surface area (Å²) in [6.45, 7) is 0. The van der Waals surface area contributed by atoms with Crippen LogP contribution in [0, 0.1) is 3.57 Å². The lowest BCUT2D eigenvalue weighted by Crippen LogP contribution is -1.81. The summed E-state index contributed by atoms with van der Waals surface area (Å²) in [4.78, 5) is 16.3. The molecule has 2 N–H and O–H groups in total. The molecule has 0 fully saturated rings. The zero-order valence-electron chi connectivity index (χ0n) is 13.4. The van der Waals surface area contributed by atoms with Crippen molar-refractivity contribution < 1.29 is 0 Å². The Bertz CT molecular complexity index is 1270. The van der Waals surface area contributed by atoms with Crippen molar-refractivity contribution in [2.75, 3.05) is 0 Å². The minimum absolute atomic E-state index is 0.851. The summed E-state index contributed by atoms with van der Waals surface area (Å²) < 4.78 is 2.19. The van der Waals surface area contributed by atoms with E-state index in [4.69, 9.17) is 9.97 Å². The molecule has 0 unspecified atom stereocenters. The number of hydrogen-bond acceptors (Lipinski definition) is 2. The van der Waals surface area contributed by atoms with Crippen LogP contribution in [0.5, 0.6) is 0 Å². The SMILES string of the molecule is Brc1ccccc1-c1nc2cc(-c3nc4cc(I)ccc4[nH]3)ccc2[nH]1. The van der Waals surface area contributed by atoms with Gasteiger partial charge in [0.1, 0.15) is 11.6 Å². The lowest BCUT2D eigenvalue weighted by molar-refractivity contribution is 1.33. The molecule has 5 rings (SSSR count). The minimum Gasteiger partial charge on any atom is -0.338 e. The van der Waals surface area contributed by atoms with Gasteiger partial charge in [0.05, 0.1) is 22.1 Å². The van der Waals surface area contributed by atoms with Crippen molar-refractivity contribution in [2.45, 2.75) is 0 Å². The van der Waals surface area contributed by atoms with E-state index in [1.54, 1.807) is 0 Å². The van der Waals surface area contributed by atoms with Gasteiger partial charge in [-0.2, -0.15) is 0 Å². The second-order valence-corrected chi connectivity index (χ2v) is 8.14. The summed E-state index contributed by atoms with van der Waals surface area (Å²) in [7, 11) is 0. The van der Waals surface area contributed by atoms with Gasteiger partial charge in [0.15, 0.2) is 0 Å². The predicted molar refractivity (Wildman–Crippen MR) is 117 cm³/mol. The second-order valence-electron chi connectivity index (χ2n) is 6.04. The van der Waals surface area contributed by atoms with Crippen LogP contribution in [0.4, 0.5) is 0 Å². The Morgan fingerprint density at radius 2 is 1.46 bits per heavy atom. The maximum Gasteiger partial charge on any atom is 0.139 e. The Labute approximate surface area is 171 Å². The summed E-state index contributed by atoms with van der Waals surface area (Å²) in [5.74, 6) is 1.71. The van der Waals surface area contributed by atoms with E-state index in [2.05, 4.69) is 84.9 Å². The van der Waals surface area contributed by atoms with Crippen LogP contribution in [-0.2, 0) is 0 Å². The molecule has 2 heterocycles. The number of halogens is 2. The van der Waals surface area contributed by atoms with Crippen molar-refractivity contribution in [2.24, 2.45) is 0 Å². The Balaban J connectivity index is 1.62. The predicted octanol–water partition coefficient (Wildman–Crippen LogP) is 6.14. The highest BCUT2D eigenvalue weighted by Crippen LogP contribution is 2.29. The van der Waals surface area contributed by atoms with Gasteiger partial charge in [-0.05, 0) is 65.1 Å². The maximum absolute atomic E-state index is 4.77. The third kappa shape index (κ3) is 2.73. The molecule has 0 bridgehead atoms. The molecule has 0 amide bonds. The van der Waals surface area contributed by atoms with Gasteiger partial charge in [-0.1, -0.05) is 34.1 Å². The fourth-order valence-corrected chi connectivity index (χ4v) is 4.00. The Morgan fingerprint density at radius 3 is 2.31 bits per heavy atom. The van der Waals surface area contributed by atoms with Gasteiger partial charge in [-0.3, -0.25) is 0 Å². The van der Waals surface area contributed by atoms with Gasteiger partial charge in [0.2, 0.25) is 0 Å². The van der Waals surface area contributed by atoms with Gasteiger partial charge in [0.25, 0.3) is 0 Å². The molecule has 0 saturated heterocycles. The molecule has 0 radical (unpaired) electrons. The third-order valence-corrected chi connectivity index (χ3v) is 5.69. The van der Waals surface area contributed by atoms with Gasteiger partial charge in [0, 0.05) is 19.2 Å². The van der Waals surface area contributed by atoms with E-state index in [0.29, 0.717) is 0 Å². The van der Waals surface area contributed by atoms with Crippen molar-refractivity contribution >= 4 is 60.6 Å². The summed E-state index contributed by atoms with van der Waals surface area (Å²) in [6, 6.07) is 20.5. The van der Waals surface area contributed by atoms with Crippen LogP contribution in [0.25, 0.3) is 44.8 Å². The Hall–Kier alpha value is -2.19. The first-order chi connectivity index (χ1) is 12.7. The van der Waals surface area contributed by atoms with Crippen LogP contribution in [0.1, 0.15) is 0 Å². The normalized spacial score (nSPS) is 11.5.